The fourth-order valence-corrected chi connectivity index (χ4v) is 2.86. The van der Waals surface area contributed by atoms with Crippen LogP contribution < -0.4 is 27.4 Å². The molecule has 1 aromatic heterocycles. The van der Waals surface area contributed by atoms with Gasteiger partial charge in [0.25, 0.3) is 0 Å². The van der Waals surface area contributed by atoms with Crippen molar-refractivity contribution in [1.29, 1.82) is 0 Å². The van der Waals surface area contributed by atoms with Crippen LogP contribution in [0.4, 0.5) is 0 Å². The van der Waals surface area contributed by atoms with Crippen LogP contribution in [0.2, 0.25) is 0 Å². The van der Waals surface area contributed by atoms with Gasteiger partial charge in [-0.25, -0.2) is 9.78 Å². The number of aliphatic hydroxyl groups excluding tert-OH is 1. The minimum Gasteiger partial charge on any atom is -0.481 e. The largest absolute Gasteiger partial charge is 0.481 e. The van der Waals surface area contributed by atoms with Gasteiger partial charge in [0.05, 0.1) is 24.9 Å². The summed E-state index contributed by atoms with van der Waals surface area (Å²) >= 11 is 0. The third-order valence-electron chi connectivity index (χ3n) is 4.69. The number of aromatic amines is 1. The molecule has 0 fully saturated rings. The first-order valence-corrected chi connectivity index (χ1v) is 10.4. The average molecular weight is 499 g/mol. The van der Waals surface area contributed by atoms with Crippen LogP contribution in [-0.4, -0.2) is 91.1 Å². The zero-order valence-electron chi connectivity index (χ0n) is 18.8. The van der Waals surface area contributed by atoms with Crippen LogP contribution in [0.5, 0.6) is 0 Å². The van der Waals surface area contributed by atoms with Crippen LogP contribution in [0.3, 0.4) is 0 Å². The Morgan fingerprint density at radius 1 is 1.03 bits per heavy atom. The number of primary amides is 1. The number of hydrogen-bond acceptors (Lipinski definition) is 9. The predicted molar refractivity (Wildman–Crippen MR) is 116 cm³/mol. The number of carbonyl (C=O) groups excluding carboxylic acids is 4. The van der Waals surface area contributed by atoms with E-state index in [2.05, 4.69) is 25.9 Å². The van der Waals surface area contributed by atoms with Gasteiger partial charge in [0.15, 0.2) is 0 Å². The Balaban J connectivity index is 3.01. The minimum atomic E-state index is -1.66. The molecule has 16 nitrogen and oxygen atoms in total. The lowest BCUT2D eigenvalue weighted by Crippen LogP contribution is -2.60. The Morgan fingerprint density at radius 2 is 1.66 bits per heavy atom. The fraction of sp³-hybridized carbons (Fsp3) is 0.526. The molecular weight excluding hydrogens is 470 g/mol. The van der Waals surface area contributed by atoms with Gasteiger partial charge in [-0.15, -0.1) is 0 Å². The summed E-state index contributed by atoms with van der Waals surface area (Å²) in [5.74, 6) is -6.56. The summed E-state index contributed by atoms with van der Waals surface area (Å²) in [5, 5.41) is 34.6. The van der Waals surface area contributed by atoms with Gasteiger partial charge in [-0.05, 0) is 13.3 Å². The van der Waals surface area contributed by atoms with E-state index in [0.717, 1.165) is 6.92 Å². The lowest BCUT2D eigenvalue weighted by Gasteiger charge is -2.26. The molecule has 0 spiro atoms. The number of carbonyl (C=O) groups is 6. The molecule has 0 saturated carbocycles. The van der Waals surface area contributed by atoms with Crippen molar-refractivity contribution in [2.75, 3.05) is 0 Å². The van der Waals surface area contributed by atoms with E-state index in [1.54, 1.807) is 0 Å². The minimum absolute atomic E-state index is 0.147. The zero-order chi connectivity index (χ0) is 26.7. The average Bonchev–Trinajstić information content (AvgIpc) is 3.26. The summed E-state index contributed by atoms with van der Waals surface area (Å²) < 4.78 is 0. The molecule has 0 aliphatic carbocycles. The number of H-pyrrole nitrogens is 1. The molecule has 35 heavy (non-hydrogen) atoms. The van der Waals surface area contributed by atoms with Gasteiger partial charge in [0.2, 0.25) is 23.6 Å². The van der Waals surface area contributed by atoms with Crippen molar-refractivity contribution >= 4 is 35.6 Å². The van der Waals surface area contributed by atoms with Crippen molar-refractivity contribution in [1.82, 2.24) is 25.9 Å². The summed E-state index contributed by atoms with van der Waals surface area (Å²) in [7, 11) is 0. The molecule has 4 amide bonds. The van der Waals surface area contributed by atoms with Gasteiger partial charge in [0, 0.05) is 24.7 Å². The van der Waals surface area contributed by atoms with Crippen LogP contribution in [0, 0.1) is 0 Å². The van der Waals surface area contributed by atoms with Crippen molar-refractivity contribution in [2.24, 2.45) is 11.5 Å². The number of carboxylic acid groups (broad SMARTS) is 2. The number of aromatic nitrogens is 2. The Morgan fingerprint density at radius 3 is 2.14 bits per heavy atom. The smallest absolute Gasteiger partial charge is 0.326 e. The number of nitrogens with one attached hydrogen (secondary N) is 4. The fourth-order valence-electron chi connectivity index (χ4n) is 2.86. The first-order valence-electron chi connectivity index (χ1n) is 10.4. The van der Waals surface area contributed by atoms with Gasteiger partial charge >= 0.3 is 11.9 Å². The number of rotatable bonds is 15. The Labute approximate surface area is 198 Å². The second-order valence-corrected chi connectivity index (χ2v) is 7.68. The maximum absolute atomic E-state index is 12.9. The van der Waals surface area contributed by atoms with E-state index >= 15 is 0 Å². The summed E-state index contributed by atoms with van der Waals surface area (Å²) in [4.78, 5) is 77.5. The second-order valence-electron chi connectivity index (χ2n) is 7.68. The number of nitrogens with zero attached hydrogens (tertiary/aromatic N) is 1. The zero-order valence-corrected chi connectivity index (χ0v) is 18.8. The molecule has 11 N–H and O–H groups in total. The van der Waals surface area contributed by atoms with E-state index < -0.39 is 85.1 Å². The Bertz CT molecular complexity index is 920. The summed E-state index contributed by atoms with van der Waals surface area (Å²) in [6.45, 7) is 1.16. The maximum Gasteiger partial charge on any atom is 0.326 e. The third kappa shape index (κ3) is 10.2. The van der Waals surface area contributed by atoms with Crippen molar-refractivity contribution in [3.8, 4) is 0 Å². The standard InChI is InChI=1S/C19H29N7O9/c1-8(27)15(18(33)24-11(19(34)35)2-3-14(29)30)26-17(32)12(4-9-6-22-7-23-9)25-16(31)10(20)5-13(21)28/h6-8,10-12,15,27H,2-5,20H2,1H3,(H2,21,28)(H,22,23)(H,24,33)(H,25,31)(H,26,32)(H,29,30)(H,34,35). The van der Waals surface area contributed by atoms with Crippen molar-refractivity contribution in [2.45, 2.75) is 62.9 Å². The molecule has 16 heteroatoms. The molecule has 0 saturated heterocycles. The third-order valence-corrected chi connectivity index (χ3v) is 4.69. The summed E-state index contributed by atoms with van der Waals surface area (Å²) in [6, 6.07) is -5.96. The SMILES string of the molecule is CC(O)C(NC(=O)C(Cc1cnc[nH]1)NC(=O)C(N)CC(N)=O)C(=O)NC(CCC(=O)O)C(=O)O. The number of amides is 4. The second kappa shape index (κ2) is 13.6. The first kappa shape index (κ1) is 29.0. The van der Waals surface area contributed by atoms with E-state index in [4.69, 9.17) is 16.6 Å². The molecule has 0 aliphatic rings. The van der Waals surface area contributed by atoms with Crippen LogP contribution in [0.25, 0.3) is 0 Å². The van der Waals surface area contributed by atoms with Crippen LogP contribution in [-0.2, 0) is 35.2 Å². The van der Waals surface area contributed by atoms with Crippen molar-refractivity contribution in [3.63, 3.8) is 0 Å². The molecule has 5 atom stereocenters. The highest BCUT2D eigenvalue weighted by Gasteiger charge is 2.33. The maximum atomic E-state index is 12.9. The van der Waals surface area contributed by atoms with Gasteiger partial charge in [-0.3, -0.25) is 24.0 Å². The van der Waals surface area contributed by atoms with Gasteiger partial charge in [0.1, 0.15) is 18.1 Å². The molecule has 1 heterocycles. The normalized spacial score (nSPS) is 15.1. The lowest BCUT2D eigenvalue weighted by molar-refractivity contribution is -0.144. The summed E-state index contributed by atoms with van der Waals surface area (Å²) in [5.41, 5.74) is 11.0. The predicted octanol–water partition coefficient (Wildman–Crippen LogP) is -4.06. The quantitative estimate of drug-likeness (QED) is 0.112. The molecule has 1 aromatic rings. The number of carboxylic acids is 2. The van der Waals surface area contributed by atoms with E-state index in [9.17, 15) is 39.0 Å². The molecule has 194 valence electrons. The van der Waals surface area contributed by atoms with Gasteiger partial charge in [-0.1, -0.05) is 0 Å². The molecule has 0 radical (unpaired) electrons. The van der Waals surface area contributed by atoms with Crippen LogP contribution >= 0.6 is 0 Å². The van der Waals surface area contributed by atoms with E-state index in [1.165, 1.54) is 12.5 Å². The highest BCUT2D eigenvalue weighted by atomic mass is 16.4. The van der Waals surface area contributed by atoms with Gasteiger partial charge < -0.3 is 47.7 Å². The van der Waals surface area contributed by atoms with E-state index in [1.807, 2.05) is 0 Å². The molecule has 5 unspecified atom stereocenters. The molecule has 1 rings (SSSR count). The van der Waals surface area contributed by atoms with Crippen molar-refractivity contribution < 1.29 is 44.1 Å². The Kier molecular flexibility index (Phi) is 11.3. The highest BCUT2D eigenvalue weighted by molar-refractivity contribution is 5.95. The van der Waals surface area contributed by atoms with Crippen molar-refractivity contribution in [3.05, 3.63) is 18.2 Å². The lowest BCUT2D eigenvalue weighted by atomic mass is 10.1. The number of hydrogen-bond donors (Lipinski definition) is 9. The first-order chi connectivity index (χ1) is 16.3. The molecule has 0 bridgehead atoms. The topological polar surface area (TPSA) is 280 Å². The number of nitrogens with two attached hydrogens (primary N) is 2. The Hall–Kier alpha value is -4.05. The monoisotopic (exact) mass is 499 g/mol. The number of imidazole rings is 1. The van der Waals surface area contributed by atoms with E-state index in [0.29, 0.717) is 5.69 Å². The number of aliphatic hydroxyl groups is 1. The highest BCUT2D eigenvalue weighted by Crippen LogP contribution is 2.05. The molecule has 0 aliphatic heterocycles. The number of aliphatic carboxylic acids is 2. The van der Waals surface area contributed by atoms with Crippen LogP contribution in [0.1, 0.15) is 31.9 Å². The van der Waals surface area contributed by atoms with Crippen LogP contribution in [0.15, 0.2) is 12.5 Å². The van der Waals surface area contributed by atoms with Gasteiger partial charge in [-0.2, -0.15) is 0 Å². The summed E-state index contributed by atoms with van der Waals surface area (Å²) in [6.07, 6.45) is -0.441. The molecule has 0 aromatic carbocycles. The molecular formula is C19H29N7O9. The van der Waals surface area contributed by atoms with E-state index in [-0.39, 0.29) is 6.42 Å².